The fourth-order valence-electron chi connectivity index (χ4n) is 8.29. The van der Waals surface area contributed by atoms with Gasteiger partial charge in [-0.2, -0.15) is 0 Å². The number of cyclic esters (lactones) is 1. The molecule has 13 nitrogen and oxygen atoms in total. The van der Waals surface area contributed by atoms with E-state index in [0.717, 1.165) is 0 Å². The number of carbonyl (C=O) groups excluding carboxylic acids is 5. The van der Waals surface area contributed by atoms with Gasteiger partial charge in [0.1, 0.15) is 17.8 Å². The number of benzene rings is 1. The Morgan fingerprint density at radius 3 is 2.21 bits per heavy atom. The van der Waals surface area contributed by atoms with Gasteiger partial charge < -0.3 is 38.6 Å². The predicted molar refractivity (Wildman–Crippen MR) is 190 cm³/mol. The second kappa shape index (κ2) is 16.7. The van der Waals surface area contributed by atoms with Gasteiger partial charge >= 0.3 is 18.0 Å². The molecule has 3 aliphatic rings. The van der Waals surface area contributed by atoms with E-state index in [-0.39, 0.29) is 30.8 Å². The molecule has 3 saturated heterocycles. The minimum Gasteiger partial charge on any atom is -0.458 e. The molecule has 1 aromatic carbocycles. The van der Waals surface area contributed by atoms with Crippen LogP contribution in [0.25, 0.3) is 0 Å². The molecular formula is C39H58N2O11. The summed E-state index contributed by atoms with van der Waals surface area (Å²) in [5.41, 5.74) is -2.31. The van der Waals surface area contributed by atoms with Crippen molar-refractivity contribution >= 4 is 29.6 Å². The standard InChI is InChI=1S/C39H58N2O11/c1-12-26-29(42)21(3)20-38(7,47-11)33(23(5)30(43)24(6)34(44)49-28(13-2)39(8)32(26)40-37(46)52-39)51-36-31(27(41(9)10)19-22(4)48-36)50-35(45)25-17-15-14-16-18-25/h14-18,21-24,26-28,31-33,36H,12-13,19-20H2,1-11H3,(H,40,46)/t21-,22-,23+,24-,26?,27+,28-,31-,32-,33-,36?,38+,39-/m1/s1. The average molecular weight is 731 g/mol. The SMILES string of the molecule is CCC1C(=O)[C@H](C)C[C@](C)(OC)[C@H](OC2O[C@H](C)C[C@H](N(C)C)[C@H]2OC(=O)c2ccccc2)[C@@H](C)C(=O)[C@@H](C)C(=O)O[C@H](CC)[C@@]2(C)OC(=O)N[C@H]12. The highest BCUT2D eigenvalue weighted by Gasteiger charge is 2.58. The Labute approximate surface area is 307 Å². The number of alkyl carbamates (subject to hydrolysis) is 1. The lowest BCUT2D eigenvalue weighted by molar-refractivity contribution is -0.294. The number of nitrogens with zero attached hydrogens (tertiary/aromatic N) is 1. The molecule has 1 amide bonds. The van der Waals surface area contributed by atoms with E-state index in [4.69, 9.17) is 28.4 Å². The number of amides is 1. The molecule has 0 aromatic heterocycles. The highest BCUT2D eigenvalue weighted by molar-refractivity contribution is 6.00. The zero-order valence-corrected chi connectivity index (χ0v) is 32.5. The fraction of sp³-hybridized carbons (Fsp3) is 0.718. The monoisotopic (exact) mass is 730 g/mol. The number of esters is 2. The summed E-state index contributed by atoms with van der Waals surface area (Å²) < 4.78 is 37.3. The van der Waals surface area contributed by atoms with Gasteiger partial charge in [0.25, 0.3) is 0 Å². The molecule has 0 radical (unpaired) electrons. The van der Waals surface area contributed by atoms with E-state index in [9.17, 15) is 24.0 Å². The summed E-state index contributed by atoms with van der Waals surface area (Å²) in [6, 6.07) is 7.50. The lowest BCUT2D eigenvalue weighted by Crippen LogP contribution is -2.61. The molecule has 0 aliphatic carbocycles. The lowest BCUT2D eigenvalue weighted by atomic mass is 9.72. The van der Waals surface area contributed by atoms with Crippen molar-refractivity contribution in [2.45, 2.75) is 135 Å². The number of hydrogen-bond donors (Lipinski definition) is 1. The molecule has 1 aromatic rings. The van der Waals surface area contributed by atoms with Crippen molar-refractivity contribution in [2.24, 2.45) is 23.7 Å². The molecule has 290 valence electrons. The van der Waals surface area contributed by atoms with Gasteiger partial charge in [-0.05, 0) is 79.6 Å². The zero-order valence-electron chi connectivity index (χ0n) is 32.5. The van der Waals surface area contributed by atoms with Crippen molar-refractivity contribution in [3.8, 4) is 0 Å². The number of fused-ring (bicyclic) bond motifs is 1. The highest BCUT2D eigenvalue weighted by Crippen LogP contribution is 2.41. The van der Waals surface area contributed by atoms with Crippen LogP contribution in [0.1, 0.15) is 91.4 Å². The van der Waals surface area contributed by atoms with Crippen LogP contribution in [-0.2, 0) is 42.8 Å². The molecule has 0 saturated carbocycles. The maximum absolute atomic E-state index is 14.4. The molecule has 13 heteroatoms. The summed E-state index contributed by atoms with van der Waals surface area (Å²) in [4.78, 5) is 70.6. The molecular weight excluding hydrogens is 672 g/mol. The first kappa shape index (κ1) is 41.4. The van der Waals surface area contributed by atoms with Gasteiger partial charge in [0.2, 0.25) is 0 Å². The summed E-state index contributed by atoms with van der Waals surface area (Å²) in [6.45, 7) is 13.9. The molecule has 13 atom stereocenters. The first-order chi connectivity index (χ1) is 24.4. The van der Waals surface area contributed by atoms with E-state index in [1.54, 1.807) is 65.0 Å². The number of ether oxygens (including phenoxy) is 6. The summed E-state index contributed by atoms with van der Waals surface area (Å²) in [7, 11) is 5.25. The number of Topliss-reactive ketones (excluding diaryl/α,β-unsaturated/α-hetero) is 2. The van der Waals surface area contributed by atoms with Crippen molar-refractivity contribution in [3.63, 3.8) is 0 Å². The fourth-order valence-corrected chi connectivity index (χ4v) is 8.29. The third kappa shape index (κ3) is 8.37. The quantitative estimate of drug-likeness (QED) is 0.223. The molecule has 52 heavy (non-hydrogen) atoms. The van der Waals surface area contributed by atoms with Crippen LogP contribution in [0.15, 0.2) is 30.3 Å². The topological polar surface area (TPSA) is 156 Å². The molecule has 0 bridgehead atoms. The van der Waals surface area contributed by atoms with Gasteiger partial charge in [-0.15, -0.1) is 0 Å². The number of nitrogens with one attached hydrogen (secondary N) is 1. The zero-order chi connectivity index (χ0) is 38.7. The van der Waals surface area contributed by atoms with E-state index in [0.29, 0.717) is 18.4 Å². The molecule has 2 unspecified atom stereocenters. The van der Waals surface area contributed by atoms with Crippen LogP contribution < -0.4 is 5.32 Å². The van der Waals surface area contributed by atoms with E-state index >= 15 is 0 Å². The van der Waals surface area contributed by atoms with Crippen molar-refractivity contribution in [1.29, 1.82) is 0 Å². The van der Waals surface area contributed by atoms with E-state index in [1.165, 1.54) is 14.0 Å². The van der Waals surface area contributed by atoms with Gasteiger partial charge in [-0.25, -0.2) is 9.59 Å². The Hall–Kier alpha value is -3.39. The van der Waals surface area contributed by atoms with Gasteiger partial charge in [-0.1, -0.05) is 45.9 Å². The number of hydrogen-bond acceptors (Lipinski definition) is 12. The van der Waals surface area contributed by atoms with Crippen LogP contribution in [-0.4, -0.2) is 110 Å². The van der Waals surface area contributed by atoms with Crippen LogP contribution in [0.4, 0.5) is 4.79 Å². The maximum Gasteiger partial charge on any atom is 0.408 e. The summed E-state index contributed by atoms with van der Waals surface area (Å²) in [6.07, 6.45) is -3.83. The third-order valence-corrected chi connectivity index (χ3v) is 11.4. The number of carbonyl (C=O) groups is 5. The van der Waals surface area contributed by atoms with E-state index < -0.39 is 89.3 Å². The lowest BCUT2D eigenvalue weighted by Gasteiger charge is -2.47. The van der Waals surface area contributed by atoms with Gasteiger partial charge in [0, 0.05) is 24.9 Å². The number of methoxy groups -OCH3 is 1. The Bertz CT molecular complexity index is 1450. The van der Waals surface area contributed by atoms with E-state index in [1.807, 2.05) is 32.8 Å². The van der Waals surface area contributed by atoms with Crippen LogP contribution >= 0.6 is 0 Å². The number of rotatable bonds is 8. The van der Waals surface area contributed by atoms with Gasteiger partial charge in [0.05, 0.1) is 35.5 Å². The number of likely N-dealkylation sites (N-methyl/N-ethyl adjacent to an activating group) is 1. The van der Waals surface area contributed by atoms with Crippen LogP contribution in [0.3, 0.4) is 0 Å². The molecule has 4 rings (SSSR count). The van der Waals surface area contributed by atoms with Gasteiger partial charge in [0.15, 0.2) is 23.8 Å². The Kier molecular flexibility index (Phi) is 13.3. The van der Waals surface area contributed by atoms with Crippen molar-refractivity contribution in [1.82, 2.24) is 10.2 Å². The smallest absolute Gasteiger partial charge is 0.408 e. The third-order valence-electron chi connectivity index (χ3n) is 11.4. The van der Waals surface area contributed by atoms with Crippen molar-refractivity contribution < 1.29 is 52.4 Å². The summed E-state index contributed by atoms with van der Waals surface area (Å²) in [5, 5.41) is 2.82. The van der Waals surface area contributed by atoms with Crippen LogP contribution in [0.2, 0.25) is 0 Å². The summed E-state index contributed by atoms with van der Waals surface area (Å²) >= 11 is 0. The Balaban J connectivity index is 1.80. The van der Waals surface area contributed by atoms with Gasteiger partial charge in [-0.3, -0.25) is 14.4 Å². The summed E-state index contributed by atoms with van der Waals surface area (Å²) in [5.74, 6) is -5.54. The molecule has 3 heterocycles. The van der Waals surface area contributed by atoms with Crippen molar-refractivity contribution in [3.05, 3.63) is 35.9 Å². The van der Waals surface area contributed by atoms with E-state index in [2.05, 4.69) is 5.32 Å². The van der Waals surface area contributed by atoms with Crippen LogP contribution in [0.5, 0.6) is 0 Å². The normalized spacial score (nSPS) is 39.2. The van der Waals surface area contributed by atoms with Crippen LogP contribution in [0, 0.1) is 23.7 Å². The second-order valence-electron chi connectivity index (χ2n) is 15.4. The minimum absolute atomic E-state index is 0.114. The molecule has 3 aliphatic heterocycles. The molecule has 3 fully saturated rings. The number of ketones is 2. The highest BCUT2D eigenvalue weighted by atomic mass is 16.7. The Morgan fingerprint density at radius 1 is 0.981 bits per heavy atom. The molecule has 0 spiro atoms. The largest absolute Gasteiger partial charge is 0.458 e. The van der Waals surface area contributed by atoms with Crippen molar-refractivity contribution in [2.75, 3.05) is 21.2 Å². The predicted octanol–water partition coefficient (Wildman–Crippen LogP) is 4.73. The first-order valence-electron chi connectivity index (χ1n) is 18.5. The minimum atomic E-state index is -1.36. The first-order valence-corrected chi connectivity index (χ1v) is 18.5. The maximum atomic E-state index is 14.4. The second-order valence-corrected chi connectivity index (χ2v) is 15.4. The molecule has 1 N–H and O–H groups in total. The average Bonchev–Trinajstić information content (AvgIpc) is 3.42. The Morgan fingerprint density at radius 2 is 1.63 bits per heavy atom.